The van der Waals surface area contributed by atoms with Crippen LogP contribution in [0.5, 0.6) is 0 Å². The van der Waals surface area contributed by atoms with Crippen LogP contribution in [0.4, 0.5) is 5.82 Å². The van der Waals surface area contributed by atoms with Crippen LogP contribution in [0, 0.1) is 0 Å². The highest BCUT2D eigenvalue weighted by molar-refractivity contribution is 7.10. The molecule has 1 amide bonds. The Bertz CT molecular complexity index is 684. The van der Waals surface area contributed by atoms with E-state index >= 15 is 0 Å². The monoisotopic (exact) mass is 328 g/mol. The molecule has 2 aromatic heterocycles. The summed E-state index contributed by atoms with van der Waals surface area (Å²) < 4.78 is 0. The lowest BCUT2D eigenvalue weighted by atomic mass is 10.1. The molecule has 0 radical (unpaired) electrons. The third-order valence-corrected chi connectivity index (χ3v) is 4.90. The molecule has 2 N–H and O–H groups in total. The van der Waals surface area contributed by atoms with Crippen molar-refractivity contribution < 1.29 is 4.79 Å². The molecule has 2 aromatic rings. The normalized spacial score (nSPS) is 19.0. The third kappa shape index (κ3) is 3.76. The van der Waals surface area contributed by atoms with E-state index in [1.54, 1.807) is 11.3 Å². The van der Waals surface area contributed by atoms with Gasteiger partial charge in [-0.3, -0.25) is 4.79 Å². The average molecular weight is 328 g/mol. The highest BCUT2D eigenvalue weighted by Crippen LogP contribution is 2.22. The number of carbonyl (C=O) groups is 1. The van der Waals surface area contributed by atoms with Gasteiger partial charge in [0.1, 0.15) is 17.7 Å². The van der Waals surface area contributed by atoms with Gasteiger partial charge >= 0.3 is 0 Å². The second-order valence-corrected chi connectivity index (χ2v) is 6.59. The molecule has 1 saturated heterocycles. The van der Waals surface area contributed by atoms with Crippen molar-refractivity contribution in [2.24, 2.45) is 0 Å². The van der Waals surface area contributed by atoms with Crippen molar-refractivity contribution >= 4 is 29.1 Å². The van der Waals surface area contributed by atoms with E-state index in [1.807, 2.05) is 11.0 Å². The van der Waals surface area contributed by atoms with Crippen LogP contribution < -0.4 is 5.73 Å². The third-order valence-electron chi connectivity index (χ3n) is 4.06. The Hall–Kier alpha value is -2.21. The van der Waals surface area contributed by atoms with Gasteiger partial charge in [0.05, 0.1) is 6.04 Å². The first-order valence-electron chi connectivity index (χ1n) is 7.84. The first kappa shape index (κ1) is 15.7. The van der Waals surface area contributed by atoms with E-state index in [-0.39, 0.29) is 17.8 Å². The fourth-order valence-electron chi connectivity index (χ4n) is 2.84. The highest BCUT2D eigenvalue weighted by atomic mass is 32.1. The van der Waals surface area contributed by atoms with Gasteiger partial charge in [0.2, 0.25) is 0 Å². The maximum Gasteiger partial charge on any atom is 0.259 e. The van der Waals surface area contributed by atoms with Crippen LogP contribution in [0.15, 0.2) is 36.1 Å². The molecule has 1 aliphatic rings. The summed E-state index contributed by atoms with van der Waals surface area (Å²) in [5, 5.41) is 2.05. The minimum Gasteiger partial charge on any atom is -0.383 e. The van der Waals surface area contributed by atoms with Crippen molar-refractivity contribution in [3.63, 3.8) is 0 Å². The Morgan fingerprint density at radius 2 is 2.30 bits per heavy atom. The molecule has 1 aliphatic heterocycles. The van der Waals surface area contributed by atoms with E-state index in [1.165, 1.54) is 17.4 Å². The fraction of sp³-hybridized carbons (Fsp3) is 0.353. The zero-order chi connectivity index (χ0) is 16.1. The number of nitrogens with two attached hydrogens (primary N) is 1. The van der Waals surface area contributed by atoms with Gasteiger partial charge in [0.15, 0.2) is 0 Å². The topological polar surface area (TPSA) is 72.1 Å². The van der Waals surface area contributed by atoms with Crippen LogP contribution in [-0.2, 0) is 0 Å². The van der Waals surface area contributed by atoms with Crippen molar-refractivity contribution in [2.75, 3.05) is 12.3 Å². The number of nitrogen functional groups attached to an aromatic ring is 1. The summed E-state index contributed by atoms with van der Waals surface area (Å²) in [5.74, 6) is 0.168. The van der Waals surface area contributed by atoms with Crippen LogP contribution in [-0.4, -0.2) is 33.4 Å². The van der Waals surface area contributed by atoms with Crippen molar-refractivity contribution in [3.8, 4) is 0 Å². The molecule has 0 aromatic carbocycles. The van der Waals surface area contributed by atoms with Crippen molar-refractivity contribution in [2.45, 2.75) is 31.7 Å². The Morgan fingerprint density at radius 3 is 3.09 bits per heavy atom. The highest BCUT2D eigenvalue weighted by Gasteiger charge is 2.26. The molecule has 1 fully saturated rings. The van der Waals surface area contributed by atoms with E-state index in [4.69, 9.17) is 5.73 Å². The molecule has 0 saturated carbocycles. The molecule has 3 rings (SSSR count). The van der Waals surface area contributed by atoms with Crippen LogP contribution in [0.3, 0.4) is 0 Å². The molecule has 0 spiro atoms. The molecule has 0 unspecified atom stereocenters. The van der Waals surface area contributed by atoms with Crippen LogP contribution >= 0.6 is 11.3 Å². The number of nitrogens with zero attached hydrogens (tertiary/aromatic N) is 3. The number of hydrogen-bond donors (Lipinski definition) is 1. The Balaban J connectivity index is 1.84. The summed E-state index contributed by atoms with van der Waals surface area (Å²) in [6.45, 7) is 0.743. The quantitative estimate of drug-likeness (QED) is 0.939. The molecular weight excluding hydrogens is 308 g/mol. The average Bonchev–Trinajstić information content (AvgIpc) is 2.97. The Kier molecular flexibility index (Phi) is 5.02. The van der Waals surface area contributed by atoms with Crippen molar-refractivity contribution in [3.05, 3.63) is 46.6 Å². The predicted octanol–water partition coefficient (Wildman–Crippen LogP) is 3.22. The number of amides is 1. The van der Waals surface area contributed by atoms with Gasteiger partial charge in [-0.25, -0.2) is 9.97 Å². The molecule has 23 heavy (non-hydrogen) atoms. The molecule has 0 aliphatic carbocycles. The van der Waals surface area contributed by atoms with E-state index < -0.39 is 0 Å². The van der Waals surface area contributed by atoms with Gasteiger partial charge in [-0.15, -0.1) is 11.3 Å². The summed E-state index contributed by atoms with van der Waals surface area (Å²) in [5.41, 5.74) is 6.24. The lowest BCUT2D eigenvalue weighted by molar-refractivity contribution is 0.0719. The number of anilines is 1. The van der Waals surface area contributed by atoms with Crippen LogP contribution in [0.2, 0.25) is 0 Å². The summed E-state index contributed by atoms with van der Waals surface area (Å²) in [6, 6.07) is 4.20. The van der Waals surface area contributed by atoms with Crippen LogP contribution in [0.1, 0.15) is 40.9 Å². The van der Waals surface area contributed by atoms with E-state index in [0.29, 0.717) is 5.56 Å². The summed E-state index contributed by atoms with van der Waals surface area (Å²) in [6.07, 6.45) is 11.4. The molecule has 1 atom stereocenters. The summed E-state index contributed by atoms with van der Waals surface area (Å²) in [4.78, 5) is 23.9. The summed E-state index contributed by atoms with van der Waals surface area (Å²) >= 11 is 1.69. The summed E-state index contributed by atoms with van der Waals surface area (Å²) in [7, 11) is 0. The number of likely N-dealkylation sites (tertiary alicyclic amines) is 1. The molecule has 120 valence electrons. The zero-order valence-electron chi connectivity index (χ0n) is 12.9. The lowest BCUT2D eigenvalue weighted by Gasteiger charge is -2.28. The number of carbonyl (C=O) groups excluding carboxylic acids is 1. The van der Waals surface area contributed by atoms with E-state index in [9.17, 15) is 4.79 Å². The number of thiophene rings is 1. The predicted molar refractivity (Wildman–Crippen MR) is 93.1 cm³/mol. The van der Waals surface area contributed by atoms with Gasteiger partial charge in [-0.2, -0.15) is 0 Å². The Labute approximate surface area is 139 Å². The maximum absolute atomic E-state index is 12.9. The molecule has 3 heterocycles. The first-order valence-corrected chi connectivity index (χ1v) is 8.72. The van der Waals surface area contributed by atoms with Gasteiger partial charge in [-0.1, -0.05) is 25.0 Å². The smallest absolute Gasteiger partial charge is 0.259 e. The zero-order valence-corrected chi connectivity index (χ0v) is 13.7. The standard InChI is InChI=1S/C17H20N4OS/c18-16-15(11-19-12-20-16)17(22)21-9-3-1-2-5-13(21)7-8-14-6-4-10-23-14/h4,6-8,10-13H,1-3,5,9H2,(H2,18,19,20)/b8-7+/t13-/m1/s1. The minimum absolute atomic E-state index is 0.0779. The second-order valence-electron chi connectivity index (χ2n) is 5.61. The van der Waals surface area contributed by atoms with Crippen LogP contribution in [0.25, 0.3) is 6.08 Å². The van der Waals surface area contributed by atoms with Crippen molar-refractivity contribution in [1.82, 2.24) is 14.9 Å². The largest absolute Gasteiger partial charge is 0.383 e. The number of rotatable bonds is 3. The van der Waals surface area contributed by atoms with E-state index in [2.05, 4.69) is 33.6 Å². The van der Waals surface area contributed by atoms with Gasteiger partial charge in [-0.05, 0) is 30.4 Å². The minimum atomic E-state index is -0.0779. The van der Waals surface area contributed by atoms with Crippen molar-refractivity contribution in [1.29, 1.82) is 0 Å². The SMILES string of the molecule is Nc1ncncc1C(=O)N1CCCCC[C@@H]1/C=C/c1cccs1. The molecule has 6 heteroatoms. The maximum atomic E-state index is 12.9. The van der Waals surface area contributed by atoms with Gasteiger partial charge in [0, 0.05) is 17.6 Å². The Morgan fingerprint density at radius 1 is 1.39 bits per heavy atom. The molecule has 0 bridgehead atoms. The van der Waals surface area contributed by atoms with E-state index in [0.717, 1.165) is 32.2 Å². The van der Waals surface area contributed by atoms with Gasteiger partial charge in [0.25, 0.3) is 5.91 Å². The second kappa shape index (κ2) is 7.37. The molecular formula is C17H20N4OS. The van der Waals surface area contributed by atoms with Gasteiger partial charge < -0.3 is 10.6 Å². The number of hydrogen-bond acceptors (Lipinski definition) is 5. The molecule has 5 nitrogen and oxygen atoms in total. The lowest BCUT2D eigenvalue weighted by Crippen LogP contribution is -2.39. The first-order chi connectivity index (χ1) is 11.3. The fourth-order valence-corrected chi connectivity index (χ4v) is 3.47. The number of aromatic nitrogens is 2.